The molecular formula is C20H19F2N5O4. The number of fused-ring (bicyclic) bond motifs is 1. The lowest BCUT2D eigenvalue weighted by atomic mass is 10.1. The fraction of sp³-hybridized carbons (Fsp3) is 0.250. The number of carbonyl (C=O) groups excluding carboxylic acids is 1. The highest BCUT2D eigenvalue weighted by Gasteiger charge is 2.43. The number of nitrogens with one attached hydrogen (secondary N) is 2. The van der Waals surface area contributed by atoms with E-state index in [0.29, 0.717) is 23.8 Å². The third-order valence-electron chi connectivity index (χ3n) is 4.43. The molecule has 9 nitrogen and oxygen atoms in total. The van der Waals surface area contributed by atoms with E-state index < -0.39 is 6.29 Å². The average Bonchev–Trinajstić information content (AvgIpc) is 3.26. The summed E-state index contributed by atoms with van der Waals surface area (Å²) in [7, 11) is 3.11. The fourth-order valence-corrected chi connectivity index (χ4v) is 3.08. The summed E-state index contributed by atoms with van der Waals surface area (Å²) < 4.78 is 42.1. The second-order valence-electron chi connectivity index (χ2n) is 6.67. The van der Waals surface area contributed by atoms with Crippen LogP contribution in [0, 0.1) is 0 Å². The third-order valence-corrected chi connectivity index (χ3v) is 4.43. The van der Waals surface area contributed by atoms with Gasteiger partial charge in [-0.3, -0.25) is 14.5 Å². The van der Waals surface area contributed by atoms with Gasteiger partial charge < -0.3 is 24.8 Å². The second-order valence-corrected chi connectivity index (χ2v) is 6.67. The van der Waals surface area contributed by atoms with Gasteiger partial charge in [-0.25, -0.2) is 0 Å². The number of amides is 1. The quantitative estimate of drug-likeness (QED) is 0.593. The lowest BCUT2D eigenvalue weighted by Gasteiger charge is -2.07. The lowest BCUT2D eigenvalue weighted by Crippen LogP contribution is -2.25. The molecule has 0 saturated heterocycles. The van der Waals surface area contributed by atoms with Crippen LogP contribution < -0.4 is 20.1 Å². The van der Waals surface area contributed by atoms with Gasteiger partial charge in [-0.05, 0) is 24.3 Å². The zero-order valence-corrected chi connectivity index (χ0v) is 16.7. The van der Waals surface area contributed by atoms with E-state index in [2.05, 4.69) is 30.2 Å². The molecule has 1 amide bonds. The van der Waals surface area contributed by atoms with Crippen LogP contribution in [0.4, 0.5) is 20.3 Å². The number of nitrogens with zero attached hydrogens (tertiary/aromatic N) is 3. The van der Waals surface area contributed by atoms with Gasteiger partial charge in [0, 0.05) is 43.7 Å². The number of alkyl halides is 2. The molecule has 31 heavy (non-hydrogen) atoms. The van der Waals surface area contributed by atoms with E-state index in [4.69, 9.17) is 4.74 Å². The predicted octanol–water partition coefficient (Wildman–Crippen LogP) is 2.90. The molecule has 1 aliphatic rings. The number of halogens is 2. The Labute approximate surface area is 175 Å². The van der Waals surface area contributed by atoms with Gasteiger partial charge in [-0.15, -0.1) is 8.78 Å². The van der Waals surface area contributed by atoms with Crippen molar-refractivity contribution in [3.63, 3.8) is 0 Å². The maximum absolute atomic E-state index is 13.2. The van der Waals surface area contributed by atoms with E-state index >= 15 is 0 Å². The van der Waals surface area contributed by atoms with Gasteiger partial charge in [0.05, 0.1) is 18.0 Å². The van der Waals surface area contributed by atoms with Crippen molar-refractivity contribution in [1.82, 2.24) is 20.1 Å². The van der Waals surface area contributed by atoms with Crippen molar-refractivity contribution < 1.29 is 27.8 Å². The van der Waals surface area contributed by atoms with Crippen molar-refractivity contribution >= 4 is 17.4 Å². The van der Waals surface area contributed by atoms with Crippen molar-refractivity contribution in [2.75, 3.05) is 19.5 Å². The monoisotopic (exact) mass is 431 g/mol. The van der Waals surface area contributed by atoms with Gasteiger partial charge in [-0.1, -0.05) is 0 Å². The van der Waals surface area contributed by atoms with E-state index in [9.17, 15) is 13.6 Å². The highest BCUT2D eigenvalue weighted by molar-refractivity contribution is 5.77. The molecule has 11 heteroatoms. The zero-order chi connectivity index (χ0) is 22.0. The fourth-order valence-electron chi connectivity index (χ4n) is 3.08. The molecule has 2 aromatic heterocycles. The number of rotatable bonds is 7. The summed E-state index contributed by atoms with van der Waals surface area (Å²) >= 11 is 0. The van der Waals surface area contributed by atoms with Gasteiger partial charge in [0.1, 0.15) is 6.54 Å². The summed E-state index contributed by atoms with van der Waals surface area (Å²) in [5, 5.41) is 10.0. The van der Waals surface area contributed by atoms with Crippen LogP contribution in [0.25, 0.3) is 11.3 Å². The molecule has 0 unspecified atom stereocenters. The molecule has 0 atom stereocenters. The minimum Gasteiger partial charge on any atom is -0.395 e. The molecule has 0 fully saturated rings. The van der Waals surface area contributed by atoms with Crippen LogP contribution in [-0.4, -0.2) is 41.1 Å². The molecule has 3 heterocycles. The summed E-state index contributed by atoms with van der Waals surface area (Å²) in [6.45, 7) is 0.327. The Hall–Kier alpha value is -3.73. The van der Waals surface area contributed by atoms with E-state index in [1.165, 1.54) is 23.9 Å². The van der Waals surface area contributed by atoms with Crippen LogP contribution in [0.2, 0.25) is 0 Å². The minimum absolute atomic E-state index is 0.0111. The zero-order valence-electron chi connectivity index (χ0n) is 16.7. The van der Waals surface area contributed by atoms with Gasteiger partial charge in [-0.2, -0.15) is 5.10 Å². The number of ether oxygens (including phenoxy) is 3. The van der Waals surface area contributed by atoms with E-state index in [0.717, 1.165) is 11.3 Å². The first-order chi connectivity index (χ1) is 14.9. The molecule has 0 aliphatic carbocycles. The summed E-state index contributed by atoms with van der Waals surface area (Å²) in [5.74, 6) is 0.0456. The molecule has 0 saturated carbocycles. The number of benzene rings is 1. The second kappa shape index (κ2) is 8.19. The molecule has 162 valence electrons. The molecule has 1 aliphatic heterocycles. The Balaban J connectivity index is 1.64. The topological polar surface area (TPSA) is 99.5 Å². The molecular weight excluding hydrogens is 412 g/mol. The minimum atomic E-state index is -3.69. The normalized spacial score (nSPS) is 13.8. The number of anilines is 2. The maximum atomic E-state index is 13.2. The van der Waals surface area contributed by atoms with Crippen molar-refractivity contribution in [3.8, 4) is 22.8 Å². The molecule has 0 spiro atoms. The SMILES string of the molecule is CNC(=O)Cn1nc(Nc2ccc3c(c2)OC(F)(F)O3)cc1-c1ccnc(COC)c1. The van der Waals surface area contributed by atoms with E-state index in [1.807, 2.05) is 6.07 Å². The van der Waals surface area contributed by atoms with Crippen molar-refractivity contribution in [2.45, 2.75) is 19.4 Å². The molecule has 4 rings (SSSR count). The highest BCUT2D eigenvalue weighted by Crippen LogP contribution is 2.42. The molecule has 2 N–H and O–H groups in total. The van der Waals surface area contributed by atoms with Crippen LogP contribution in [0.5, 0.6) is 11.5 Å². The average molecular weight is 431 g/mol. The molecule has 1 aromatic carbocycles. The van der Waals surface area contributed by atoms with Crippen LogP contribution >= 0.6 is 0 Å². The number of likely N-dealkylation sites (N-methyl/N-ethyl adjacent to an activating group) is 1. The van der Waals surface area contributed by atoms with Crippen LogP contribution in [0.3, 0.4) is 0 Å². The maximum Gasteiger partial charge on any atom is 0.586 e. The Morgan fingerprint density at radius 2 is 2.00 bits per heavy atom. The van der Waals surface area contributed by atoms with Crippen molar-refractivity contribution in [1.29, 1.82) is 0 Å². The predicted molar refractivity (Wildman–Crippen MR) is 106 cm³/mol. The summed E-state index contributed by atoms with van der Waals surface area (Å²) in [6, 6.07) is 9.70. The van der Waals surface area contributed by atoms with Gasteiger partial charge in [0.2, 0.25) is 5.91 Å². The Morgan fingerprint density at radius 1 is 1.19 bits per heavy atom. The summed E-state index contributed by atoms with van der Waals surface area (Å²) in [5.41, 5.74) is 2.64. The Kier molecular flexibility index (Phi) is 5.42. The van der Waals surface area contributed by atoms with Gasteiger partial charge in [0.25, 0.3) is 0 Å². The van der Waals surface area contributed by atoms with Crippen LogP contribution in [0.1, 0.15) is 5.69 Å². The molecule has 0 bridgehead atoms. The highest BCUT2D eigenvalue weighted by atomic mass is 19.3. The first-order valence-electron chi connectivity index (χ1n) is 9.26. The van der Waals surface area contributed by atoms with Crippen molar-refractivity contribution in [2.24, 2.45) is 0 Å². The van der Waals surface area contributed by atoms with E-state index in [1.54, 1.807) is 31.5 Å². The van der Waals surface area contributed by atoms with Gasteiger partial charge in [0.15, 0.2) is 17.3 Å². The third kappa shape index (κ3) is 4.56. The first-order valence-corrected chi connectivity index (χ1v) is 9.26. The number of hydrogen-bond acceptors (Lipinski definition) is 7. The first kappa shape index (κ1) is 20.5. The standard InChI is InChI=1S/C20H19F2N5O4/c1-23-19(28)10-27-15(12-5-6-24-14(7-12)11-29-2)9-18(26-27)25-13-3-4-16-17(8-13)31-20(21,22)30-16/h3-9H,10-11H2,1-2H3,(H,23,28)(H,25,26). The lowest BCUT2D eigenvalue weighted by molar-refractivity contribution is -0.286. The number of aromatic nitrogens is 3. The van der Waals surface area contributed by atoms with E-state index in [-0.39, 0.29) is 24.0 Å². The summed E-state index contributed by atoms with van der Waals surface area (Å²) in [6.07, 6.45) is -2.05. The number of carbonyl (C=O) groups is 1. The Bertz CT molecular complexity index is 1120. The summed E-state index contributed by atoms with van der Waals surface area (Å²) in [4.78, 5) is 16.2. The van der Waals surface area contributed by atoms with Crippen LogP contribution in [0.15, 0.2) is 42.6 Å². The van der Waals surface area contributed by atoms with Crippen molar-refractivity contribution in [3.05, 3.63) is 48.3 Å². The number of pyridine rings is 1. The number of methoxy groups -OCH3 is 1. The smallest absolute Gasteiger partial charge is 0.395 e. The molecule has 0 radical (unpaired) electrons. The van der Waals surface area contributed by atoms with Crippen LogP contribution in [-0.2, 0) is 22.7 Å². The van der Waals surface area contributed by atoms with Gasteiger partial charge >= 0.3 is 6.29 Å². The molecule has 3 aromatic rings. The largest absolute Gasteiger partial charge is 0.586 e. The Morgan fingerprint density at radius 3 is 2.77 bits per heavy atom. The number of hydrogen-bond donors (Lipinski definition) is 2.